The molecule has 3 atom stereocenters. The summed E-state index contributed by atoms with van der Waals surface area (Å²) in [7, 11) is -10.5. The molecule has 0 spiro atoms. The van der Waals surface area contributed by atoms with E-state index in [9.17, 15) is 33.4 Å². The third kappa shape index (κ3) is 12.3. The fourth-order valence-corrected chi connectivity index (χ4v) is 8.03. The lowest BCUT2D eigenvalue weighted by Gasteiger charge is -2.21. The maximum atomic E-state index is 15.4. The number of aromatic nitrogens is 1. The van der Waals surface area contributed by atoms with Gasteiger partial charge in [-0.15, -0.1) is 0 Å². The molecule has 4 rings (SSSR count). The summed E-state index contributed by atoms with van der Waals surface area (Å²) in [6, 6.07) is 7.59. The molecule has 6 N–H and O–H groups in total. The minimum atomic E-state index is -5.27. The average Bonchev–Trinajstić information content (AvgIpc) is 3.71. The van der Waals surface area contributed by atoms with Crippen molar-refractivity contribution < 1.29 is 76.4 Å². The number of imide groups is 1. The number of carbonyl (C=O) groups is 4. The Hall–Kier alpha value is -4.33. The Kier molecular flexibility index (Phi) is 14.6. The van der Waals surface area contributed by atoms with Crippen molar-refractivity contribution in [3.05, 3.63) is 48.0 Å². The van der Waals surface area contributed by atoms with Gasteiger partial charge in [0.1, 0.15) is 23.7 Å². The number of carbonyl (C=O) groups excluding carboxylic acids is 4. The van der Waals surface area contributed by atoms with Crippen LogP contribution in [-0.4, -0.2) is 121 Å². The molecule has 23 heteroatoms. The number of rotatable bonds is 17. The highest BCUT2D eigenvalue weighted by Crippen LogP contribution is 2.61. The first-order chi connectivity index (χ1) is 25.7. The molecular formula is C32H42FN5O15P2. The molecule has 0 saturated carbocycles. The lowest BCUT2D eigenvalue weighted by atomic mass is 10.0. The molecule has 1 aromatic carbocycles. The maximum Gasteiger partial charge on any atom is 0.419 e. The van der Waals surface area contributed by atoms with Crippen LogP contribution in [0.4, 0.5) is 19.7 Å². The normalized spacial score (nSPS) is 17.8. The molecule has 2 aliphatic heterocycles. The quantitative estimate of drug-likeness (QED) is 0.0759. The minimum Gasteiger partial charge on any atom is -0.442 e. The third-order valence-corrected chi connectivity index (χ3v) is 12.2. The van der Waals surface area contributed by atoms with E-state index in [1.807, 2.05) is 13.8 Å². The summed E-state index contributed by atoms with van der Waals surface area (Å²) in [4.78, 5) is 97.5. The Morgan fingerprint density at radius 1 is 1.09 bits per heavy atom. The molecule has 1 aromatic heterocycles. The average molecular weight is 818 g/mol. The van der Waals surface area contributed by atoms with Crippen LogP contribution in [-0.2, 0) is 37.8 Å². The zero-order valence-electron chi connectivity index (χ0n) is 29.9. The second-order valence-corrected chi connectivity index (χ2v) is 17.0. The van der Waals surface area contributed by atoms with E-state index < -0.39 is 88.9 Å². The number of cyclic esters (lactones) is 1. The van der Waals surface area contributed by atoms with Crippen LogP contribution in [0.3, 0.4) is 0 Å². The second-order valence-electron chi connectivity index (χ2n) is 13.0. The Morgan fingerprint density at radius 3 is 2.40 bits per heavy atom. The van der Waals surface area contributed by atoms with E-state index in [0.717, 1.165) is 17.9 Å². The molecule has 55 heavy (non-hydrogen) atoms. The van der Waals surface area contributed by atoms with Gasteiger partial charge in [0.05, 0.1) is 30.6 Å². The predicted molar refractivity (Wildman–Crippen MR) is 189 cm³/mol. The highest BCUT2D eigenvalue weighted by Gasteiger charge is 2.43. The fraction of sp³-hybridized carbons (Fsp3) is 0.500. The number of nitrogens with zero attached hydrogens (tertiary/aromatic N) is 4. The van der Waals surface area contributed by atoms with E-state index in [-0.39, 0.29) is 29.9 Å². The third-order valence-electron chi connectivity index (χ3n) is 8.31. The summed E-state index contributed by atoms with van der Waals surface area (Å²) in [6.07, 6.45) is -3.67. The van der Waals surface area contributed by atoms with Gasteiger partial charge in [-0.1, -0.05) is 25.1 Å². The number of anilines is 1. The number of amides is 3. The van der Waals surface area contributed by atoms with Gasteiger partial charge in [0.15, 0.2) is 5.40 Å². The standard InChI is InChI=1S/C32H42FN5O15P2/c1-18(2)34-14-22(40)11-23-12-28(36-53-23)27-7-4-20(13-35-27)25-6-5-21(10-26(25)33)38-16-24(52-32(38)43)15-37(19(3)39)31(42)51-17-50-29(41)8-9-30(54(44,45)46)55(47,48)49/h4-7,10,13,18,22-24,30,34,40H,8-9,11-12,14-17H2,1-3H3,(H2,44,45,46)(H2,47,48,49)/t22?,23?,24-/m0/s1. The number of pyridine rings is 1. The van der Waals surface area contributed by atoms with E-state index in [0.29, 0.717) is 41.3 Å². The number of aliphatic hydroxyl groups is 1. The van der Waals surface area contributed by atoms with E-state index >= 15 is 4.39 Å². The number of hydrogen-bond acceptors (Lipinski definition) is 14. The Morgan fingerprint density at radius 2 is 1.80 bits per heavy atom. The van der Waals surface area contributed by atoms with Crippen molar-refractivity contribution in [2.75, 3.05) is 31.3 Å². The fourth-order valence-electron chi connectivity index (χ4n) is 5.53. The second kappa shape index (κ2) is 18.5. The monoisotopic (exact) mass is 817 g/mol. The van der Waals surface area contributed by atoms with Crippen LogP contribution < -0.4 is 10.2 Å². The number of nitrogens with one attached hydrogen (secondary N) is 1. The highest BCUT2D eigenvalue weighted by atomic mass is 31.2. The number of esters is 1. The summed E-state index contributed by atoms with van der Waals surface area (Å²) in [5.74, 6) is -2.74. The molecule has 20 nitrogen and oxygen atoms in total. The van der Waals surface area contributed by atoms with Crippen molar-refractivity contribution in [3.63, 3.8) is 0 Å². The van der Waals surface area contributed by atoms with Crippen molar-refractivity contribution in [1.29, 1.82) is 0 Å². The summed E-state index contributed by atoms with van der Waals surface area (Å²) >= 11 is 0. The molecule has 0 bridgehead atoms. The summed E-state index contributed by atoms with van der Waals surface area (Å²) in [5.41, 5.74) is 1.87. The first-order valence-electron chi connectivity index (χ1n) is 16.8. The van der Waals surface area contributed by atoms with Crippen molar-refractivity contribution in [2.45, 2.75) is 76.2 Å². The summed E-state index contributed by atoms with van der Waals surface area (Å²) < 4.78 is 52.7. The number of hydrogen-bond donors (Lipinski definition) is 6. The highest BCUT2D eigenvalue weighted by molar-refractivity contribution is 7.70. The number of oxime groups is 1. The topological polar surface area (TPSA) is 284 Å². The van der Waals surface area contributed by atoms with Gasteiger partial charge in [-0.25, -0.2) is 18.9 Å². The Balaban J connectivity index is 1.28. The van der Waals surface area contributed by atoms with E-state index in [2.05, 4.69) is 20.2 Å². The van der Waals surface area contributed by atoms with Gasteiger partial charge >= 0.3 is 33.3 Å². The van der Waals surface area contributed by atoms with Gasteiger partial charge in [0.2, 0.25) is 12.7 Å². The molecule has 2 unspecified atom stereocenters. The SMILES string of the molecule is CC(=O)N(C[C@H]1CN(c2ccc(-c3ccc(C4=NOC(CC(O)CNC(C)C)C4)nc3)c(F)c2)C(=O)O1)C(=O)OCOC(=O)CCC(P(=O)(O)O)P(=O)(O)O. The molecule has 3 amide bonds. The van der Waals surface area contributed by atoms with Crippen LogP contribution in [0.5, 0.6) is 0 Å². The van der Waals surface area contributed by atoms with Gasteiger partial charge < -0.3 is 49.0 Å². The zero-order valence-corrected chi connectivity index (χ0v) is 31.7. The number of ether oxygens (including phenoxy) is 3. The van der Waals surface area contributed by atoms with E-state index in [4.69, 9.17) is 33.9 Å². The molecule has 0 radical (unpaired) electrons. The predicted octanol–water partition coefficient (Wildman–Crippen LogP) is 2.40. The molecule has 3 heterocycles. The minimum absolute atomic E-state index is 0.121. The van der Waals surface area contributed by atoms with Gasteiger partial charge in [-0.3, -0.25) is 28.6 Å². The van der Waals surface area contributed by atoms with Crippen molar-refractivity contribution in [3.8, 4) is 11.1 Å². The van der Waals surface area contributed by atoms with Gasteiger partial charge in [0, 0.05) is 56.1 Å². The first-order valence-corrected chi connectivity index (χ1v) is 20.2. The van der Waals surface area contributed by atoms with Crippen molar-refractivity contribution in [1.82, 2.24) is 15.2 Å². The lowest BCUT2D eigenvalue weighted by molar-refractivity contribution is -0.152. The molecule has 1 saturated heterocycles. The zero-order chi connectivity index (χ0) is 40.7. The van der Waals surface area contributed by atoms with Crippen LogP contribution in [0, 0.1) is 5.82 Å². The van der Waals surface area contributed by atoms with Gasteiger partial charge in [-0.2, -0.15) is 0 Å². The van der Waals surface area contributed by atoms with E-state index in [1.54, 1.807) is 12.1 Å². The van der Waals surface area contributed by atoms with Gasteiger partial charge in [-0.05, 0) is 30.7 Å². The molecule has 0 aliphatic carbocycles. The van der Waals surface area contributed by atoms with Crippen molar-refractivity contribution in [2.24, 2.45) is 5.16 Å². The van der Waals surface area contributed by atoms with Crippen LogP contribution in [0.25, 0.3) is 11.1 Å². The maximum absolute atomic E-state index is 15.4. The summed E-state index contributed by atoms with van der Waals surface area (Å²) in [6.45, 7) is 3.63. The smallest absolute Gasteiger partial charge is 0.419 e. The largest absolute Gasteiger partial charge is 0.442 e. The lowest BCUT2D eigenvalue weighted by Crippen LogP contribution is -2.42. The first kappa shape index (κ1) is 43.4. The summed E-state index contributed by atoms with van der Waals surface area (Å²) in [5, 5.41) is 15.1. The van der Waals surface area contributed by atoms with E-state index in [1.165, 1.54) is 18.3 Å². The van der Waals surface area contributed by atoms with Crippen LogP contribution >= 0.6 is 15.2 Å². The number of aliphatic hydroxyl groups excluding tert-OH is 1. The Labute approximate surface area is 313 Å². The van der Waals surface area contributed by atoms with Crippen LogP contribution in [0.2, 0.25) is 0 Å². The Bertz CT molecular complexity index is 1830. The number of benzene rings is 1. The van der Waals surface area contributed by atoms with Crippen molar-refractivity contribution >= 4 is 50.7 Å². The molecule has 2 aliphatic rings. The molecular weight excluding hydrogens is 775 g/mol. The molecule has 2 aromatic rings. The molecule has 302 valence electrons. The number of halogens is 1. The van der Waals surface area contributed by atoms with Gasteiger partial charge in [0.25, 0.3) is 0 Å². The molecule has 1 fully saturated rings. The van der Waals surface area contributed by atoms with Crippen LogP contribution in [0.15, 0.2) is 41.7 Å². The van der Waals surface area contributed by atoms with Crippen LogP contribution in [0.1, 0.15) is 52.1 Å².